The molecule has 9 heteroatoms. The number of fused-ring (bicyclic) bond motifs is 2. The summed E-state index contributed by atoms with van der Waals surface area (Å²) in [6.45, 7) is 1.96. The van der Waals surface area contributed by atoms with Crippen molar-refractivity contribution >= 4 is 33.7 Å². The lowest BCUT2D eigenvalue weighted by Gasteiger charge is -2.07. The maximum atomic E-state index is 14.5. The van der Waals surface area contributed by atoms with Gasteiger partial charge in [-0.2, -0.15) is 5.10 Å². The molecule has 4 aromatic heterocycles. The van der Waals surface area contributed by atoms with Crippen LogP contribution in [0.2, 0.25) is 0 Å². The van der Waals surface area contributed by atoms with E-state index in [0.29, 0.717) is 45.9 Å². The predicted octanol–water partition coefficient (Wildman–Crippen LogP) is 6.11. The number of aromatic amines is 2. The Morgan fingerprint density at radius 3 is 2.78 bits per heavy atom. The highest BCUT2D eigenvalue weighted by Crippen LogP contribution is 2.33. The van der Waals surface area contributed by atoms with Crippen LogP contribution in [0.25, 0.3) is 55.8 Å². The molecule has 0 bridgehead atoms. The molecule has 0 saturated heterocycles. The molecule has 0 atom stereocenters. The molecule has 0 unspecified atom stereocenters. The van der Waals surface area contributed by atoms with Gasteiger partial charge in [0.1, 0.15) is 11.5 Å². The largest absolute Gasteiger partial charge is 0.335 e. The second-order valence-electron chi connectivity index (χ2n) is 8.72. The van der Waals surface area contributed by atoms with E-state index in [4.69, 9.17) is 0 Å². The molecule has 0 aliphatic carbocycles. The first kappa shape index (κ1) is 22.5. The summed E-state index contributed by atoms with van der Waals surface area (Å²) in [6, 6.07) is 16.2. The number of hydrogen-bond acceptors (Lipinski definition) is 5. The van der Waals surface area contributed by atoms with Gasteiger partial charge < -0.3 is 10.3 Å². The number of nitrogens with zero attached hydrogens (tertiary/aromatic N) is 4. The normalized spacial score (nSPS) is 11.3. The number of amides is 1. The summed E-state index contributed by atoms with van der Waals surface area (Å²) in [6.07, 6.45) is 6.24. The number of aromatic nitrogens is 6. The van der Waals surface area contributed by atoms with Crippen molar-refractivity contribution in [1.29, 1.82) is 0 Å². The number of benzene rings is 2. The molecule has 37 heavy (non-hydrogen) atoms. The quantitative estimate of drug-likeness (QED) is 0.260. The van der Waals surface area contributed by atoms with Gasteiger partial charge in [-0.05, 0) is 42.3 Å². The van der Waals surface area contributed by atoms with Crippen molar-refractivity contribution in [2.75, 3.05) is 5.32 Å². The Labute approximate surface area is 211 Å². The summed E-state index contributed by atoms with van der Waals surface area (Å²) in [5.74, 6) is 0.165. The fraction of sp³-hybridized carbons (Fsp3) is 0.107. The van der Waals surface area contributed by atoms with E-state index in [1.807, 2.05) is 31.2 Å². The summed E-state index contributed by atoms with van der Waals surface area (Å²) in [7, 11) is 0. The van der Waals surface area contributed by atoms with Gasteiger partial charge in [0.2, 0.25) is 5.91 Å². The van der Waals surface area contributed by atoms with Crippen LogP contribution < -0.4 is 5.32 Å². The van der Waals surface area contributed by atoms with Crippen molar-refractivity contribution in [3.8, 4) is 33.8 Å². The van der Waals surface area contributed by atoms with Crippen molar-refractivity contribution in [2.45, 2.75) is 19.8 Å². The Hall–Kier alpha value is -4.92. The SMILES string of the molecule is CCCC(=O)Nc1cncc(-c2ccc3[nH]nc(-c4nc5nccc(-c6ccccc6F)c5[nH]4)c3c2)c1. The molecule has 0 spiro atoms. The maximum Gasteiger partial charge on any atom is 0.224 e. The first-order chi connectivity index (χ1) is 18.1. The van der Waals surface area contributed by atoms with E-state index in [2.05, 4.69) is 35.5 Å². The van der Waals surface area contributed by atoms with Crippen LogP contribution in [0, 0.1) is 5.82 Å². The van der Waals surface area contributed by atoms with Crippen LogP contribution >= 0.6 is 0 Å². The van der Waals surface area contributed by atoms with Gasteiger partial charge in [0, 0.05) is 40.9 Å². The summed E-state index contributed by atoms with van der Waals surface area (Å²) >= 11 is 0. The summed E-state index contributed by atoms with van der Waals surface area (Å²) in [4.78, 5) is 28.7. The monoisotopic (exact) mass is 491 g/mol. The van der Waals surface area contributed by atoms with Gasteiger partial charge in [0.15, 0.2) is 11.5 Å². The van der Waals surface area contributed by atoms with Crippen molar-refractivity contribution in [3.05, 3.63) is 79.0 Å². The second kappa shape index (κ2) is 9.27. The van der Waals surface area contributed by atoms with Crippen molar-refractivity contribution in [3.63, 3.8) is 0 Å². The highest BCUT2D eigenvalue weighted by molar-refractivity contribution is 5.98. The van der Waals surface area contributed by atoms with Gasteiger partial charge in [0.05, 0.1) is 22.9 Å². The van der Waals surface area contributed by atoms with Gasteiger partial charge in [-0.3, -0.25) is 14.9 Å². The zero-order chi connectivity index (χ0) is 25.4. The molecule has 6 aromatic rings. The van der Waals surface area contributed by atoms with Gasteiger partial charge in [-0.25, -0.2) is 14.4 Å². The summed E-state index contributed by atoms with van der Waals surface area (Å²) in [5, 5.41) is 11.3. The van der Waals surface area contributed by atoms with Crippen molar-refractivity contribution in [2.24, 2.45) is 0 Å². The third-order valence-corrected chi connectivity index (χ3v) is 6.18. The number of nitrogens with one attached hydrogen (secondary N) is 3. The molecular weight excluding hydrogens is 469 g/mol. The van der Waals surface area contributed by atoms with Crippen LogP contribution in [-0.4, -0.2) is 36.0 Å². The molecule has 0 fully saturated rings. The molecule has 6 rings (SSSR count). The average Bonchev–Trinajstić information content (AvgIpc) is 3.53. The van der Waals surface area contributed by atoms with Crippen LogP contribution in [0.5, 0.6) is 0 Å². The molecule has 0 aliphatic rings. The third kappa shape index (κ3) is 4.20. The fourth-order valence-electron chi connectivity index (χ4n) is 4.42. The molecule has 0 aliphatic heterocycles. The van der Waals surface area contributed by atoms with Crippen LogP contribution in [0.15, 0.2) is 73.2 Å². The van der Waals surface area contributed by atoms with Crippen molar-refractivity contribution in [1.82, 2.24) is 30.1 Å². The van der Waals surface area contributed by atoms with Crippen LogP contribution in [-0.2, 0) is 4.79 Å². The van der Waals surface area contributed by atoms with E-state index >= 15 is 0 Å². The number of anilines is 1. The van der Waals surface area contributed by atoms with Gasteiger partial charge in [0.25, 0.3) is 0 Å². The van der Waals surface area contributed by atoms with Crippen LogP contribution in [0.4, 0.5) is 10.1 Å². The smallest absolute Gasteiger partial charge is 0.224 e. The Bertz CT molecular complexity index is 1770. The molecule has 182 valence electrons. The van der Waals surface area contributed by atoms with E-state index < -0.39 is 0 Å². The van der Waals surface area contributed by atoms with Gasteiger partial charge in [-0.1, -0.05) is 31.2 Å². The number of carbonyl (C=O) groups is 1. The Kier molecular flexibility index (Phi) is 5.65. The van der Waals surface area contributed by atoms with Gasteiger partial charge >= 0.3 is 0 Å². The Morgan fingerprint density at radius 1 is 1.03 bits per heavy atom. The Balaban J connectivity index is 1.41. The van der Waals surface area contributed by atoms with E-state index in [0.717, 1.165) is 28.5 Å². The van der Waals surface area contributed by atoms with E-state index in [1.165, 1.54) is 6.07 Å². The number of imidazole rings is 1. The number of carbonyl (C=O) groups excluding carboxylic acids is 1. The van der Waals surface area contributed by atoms with Crippen LogP contribution in [0.3, 0.4) is 0 Å². The van der Waals surface area contributed by atoms with E-state index in [1.54, 1.807) is 42.9 Å². The number of rotatable bonds is 6. The fourth-order valence-corrected chi connectivity index (χ4v) is 4.42. The first-order valence-corrected chi connectivity index (χ1v) is 11.9. The molecule has 3 N–H and O–H groups in total. The minimum atomic E-state index is -0.317. The highest BCUT2D eigenvalue weighted by Gasteiger charge is 2.17. The molecule has 0 saturated carbocycles. The molecule has 2 aromatic carbocycles. The van der Waals surface area contributed by atoms with Gasteiger partial charge in [-0.15, -0.1) is 0 Å². The van der Waals surface area contributed by atoms with Crippen LogP contribution in [0.1, 0.15) is 19.8 Å². The highest BCUT2D eigenvalue weighted by atomic mass is 19.1. The predicted molar refractivity (Wildman–Crippen MR) is 141 cm³/mol. The zero-order valence-corrected chi connectivity index (χ0v) is 19.9. The lowest BCUT2D eigenvalue weighted by Crippen LogP contribution is -2.10. The zero-order valence-electron chi connectivity index (χ0n) is 19.9. The number of pyridine rings is 2. The molecule has 0 radical (unpaired) electrons. The maximum absolute atomic E-state index is 14.5. The minimum Gasteiger partial charge on any atom is -0.335 e. The number of halogens is 1. The lowest BCUT2D eigenvalue weighted by molar-refractivity contribution is -0.116. The lowest BCUT2D eigenvalue weighted by atomic mass is 10.0. The third-order valence-electron chi connectivity index (χ3n) is 6.18. The molecular formula is C28H22FN7O. The molecule has 8 nitrogen and oxygen atoms in total. The summed E-state index contributed by atoms with van der Waals surface area (Å²) < 4.78 is 14.5. The van der Waals surface area contributed by atoms with E-state index in [9.17, 15) is 9.18 Å². The minimum absolute atomic E-state index is 0.0396. The standard InChI is InChI=1S/C28H22FN7O/c1-2-5-24(37)32-18-12-17(14-30-15-18)16-8-9-23-21(13-16)26(36-35-23)28-33-25-20(10-11-31-27(25)34-28)19-6-3-4-7-22(19)29/h3-4,6-15H,2,5H2,1H3,(H,32,37)(H,35,36)(H,31,33,34). The average molecular weight is 492 g/mol. The van der Waals surface area contributed by atoms with Crippen molar-refractivity contribution < 1.29 is 9.18 Å². The molecule has 4 heterocycles. The van der Waals surface area contributed by atoms with E-state index in [-0.39, 0.29) is 11.7 Å². The number of hydrogen-bond donors (Lipinski definition) is 3. The number of H-pyrrole nitrogens is 2. The Morgan fingerprint density at radius 2 is 1.92 bits per heavy atom. The summed E-state index contributed by atoms with van der Waals surface area (Å²) in [5.41, 5.74) is 6.13. The topological polar surface area (TPSA) is 112 Å². The second-order valence-corrected chi connectivity index (χ2v) is 8.72. The molecule has 1 amide bonds. The first-order valence-electron chi connectivity index (χ1n) is 11.9.